The van der Waals surface area contributed by atoms with Crippen molar-refractivity contribution in [3.05, 3.63) is 84.0 Å². The number of carbonyl (C=O) groups excluding carboxylic acids is 1. The summed E-state index contributed by atoms with van der Waals surface area (Å²) in [6.45, 7) is 2.02. The van der Waals surface area contributed by atoms with Crippen molar-refractivity contribution in [1.82, 2.24) is 20.0 Å². The summed E-state index contributed by atoms with van der Waals surface area (Å²) < 4.78 is 12.4. The third-order valence-electron chi connectivity index (χ3n) is 4.10. The van der Waals surface area contributed by atoms with E-state index < -0.39 is 5.97 Å². The van der Waals surface area contributed by atoms with Crippen molar-refractivity contribution >= 4 is 18.1 Å². The Balaban J connectivity index is 1.64. The molecule has 0 saturated carbocycles. The zero-order valence-electron chi connectivity index (χ0n) is 15.7. The predicted molar refractivity (Wildman–Crippen MR) is 108 cm³/mol. The van der Waals surface area contributed by atoms with E-state index in [0.717, 1.165) is 11.3 Å². The highest BCUT2D eigenvalue weighted by molar-refractivity contribution is 5.92. The van der Waals surface area contributed by atoms with E-state index in [9.17, 15) is 4.79 Å². The van der Waals surface area contributed by atoms with Crippen molar-refractivity contribution in [1.29, 1.82) is 0 Å². The summed E-state index contributed by atoms with van der Waals surface area (Å²) in [5.41, 5.74) is 2.48. The lowest BCUT2D eigenvalue weighted by Gasteiger charge is -2.00. The van der Waals surface area contributed by atoms with Crippen molar-refractivity contribution in [2.24, 2.45) is 0 Å². The zero-order valence-corrected chi connectivity index (χ0v) is 15.7. The van der Waals surface area contributed by atoms with Gasteiger partial charge in [0, 0.05) is 23.4 Å². The molecule has 2 aromatic heterocycles. The van der Waals surface area contributed by atoms with Crippen LogP contribution in [0.15, 0.2) is 71.3 Å². The first-order valence-corrected chi connectivity index (χ1v) is 9.14. The van der Waals surface area contributed by atoms with E-state index in [1.54, 1.807) is 30.0 Å². The van der Waals surface area contributed by atoms with Crippen LogP contribution in [-0.4, -0.2) is 32.6 Å². The molecular formula is C22H18N4O3. The van der Waals surface area contributed by atoms with Gasteiger partial charge >= 0.3 is 5.97 Å². The molecule has 0 saturated heterocycles. The van der Waals surface area contributed by atoms with Gasteiger partial charge in [-0.05, 0) is 37.3 Å². The van der Waals surface area contributed by atoms with Gasteiger partial charge in [0.2, 0.25) is 11.8 Å². The standard InChI is InChI=1S/C22H18N4O3/c1-2-28-22(27)20-17(15-26(25-20)18-11-7-4-8-12-18)13-14-19-23-24-21(29-19)16-9-5-3-6-10-16/h3-15H,2H2,1H3/b14-13+. The molecule has 2 heterocycles. The molecule has 144 valence electrons. The molecule has 0 unspecified atom stereocenters. The quantitative estimate of drug-likeness (QED) is 0.460. The molecule has 7 nitrogen and oxygen atoms in total. The summed E-state index contributed by atoms with van der Waals surface area (Å²) >= 11 is 0. The van der Waals surface area contributed by atoms with E-state index in [1.165, 1.54) is 0 Å². The van der Waals surface area contributed by atoms with Crippen LogP contribution in [0.2, 0.25) is 0 Å². The lowest BCUT2D eigenvalue weighted by Crippen LogP contribution is -2.07. The fourth-order valence-electron chi connectivity index (χ4n) is 2.74. The molecule has 0 amide bonds. The molecule has 0 atom stereocenters. The van der Waals surface area contributed by atoms with Crippen molar-refractivity contribution < 1.29 is 13.9 Å². The number of ether oxygens (including phenoxy) is 1. The molecule has 0 bridgehead atoms. The molecule has 0 aliphatic heterocycles. The molecule has 2 aromatic carbocycles. The minimum Gasteiger partial charge on any atom is -0.461 e. The van der Waals surface area contributed by atoms with E-state index in [-0.39, 0.29) is 12.3 Å². The summed E-state index contributed by atoms with van der Waals surface area (Å²) in [4.78, 5) is 12.3. The lowest BCUT2D eigenvalue weighted by molar-refractivity contribution is 0.0518. The monoisotopic (exact) mass is 386 g/mol. The van der Waals surface area contributed by atoms with Crippen LogP contribution in [0.25, 0.3) is 29.3 Å². The minimum absolute atomic E-state index is 0.217. The number of hydrogen-bond donors (Lipinski definition) is 0. The maximum Gasteiger partial charge on any atom is 0.359 e. The van der Waals surface area contributed by atoms with E-state index in [2.05, 4.69) is 15.3 Å². The van der Waals surface area contributed by atoms with Gasteiger partial charge in [0.15, 0.2) is 5.69 Å². The summed E-state index contributed by atoms with van der Waals surface area (Å²) in [6, 6.07) is 19.0. The van der Waals surface area contributed by atoms with Gasteiger partial charge in [-0.3, -0.25) is 0 Å². The molecule has 29 heavy (non-hydrogen) atoms. The first kappa shape index (κ1) is 18.4. The highest BCUT2D eigenvalue weighted by Crippen LogP contribution is 2.20. The summed E-state index contributed by atoms with van der Waals surface area (Å²) in [5.74, 6) is 0.263. The molecule has 4 aromatic rings. The van der Waals surface area contributed by atoms with Gasteiger partial charge in [-0.1, -0.05) is 36.4 Å². The number of benzene rings is 2. The van der Waals surface area contributed by atoms with Crippen LogP contribution in [0.4, 0.5) is 0 Å². The number of hydrogen-bond acceptors (Lipinski definition) is 6. The Labute approximate surface area is 167 Å². The van der Waals surface area contributed by atoms with Gasteiger partial charge in [0.25, 0.3) is 0 Å². The first-order chi connectivity index (χ1) is 14.2. The molecule has 0 aliphatic rings. The Morgan fingerprint density at radius 1 is 1.03 bits per heavy atom. The molecular weight excluding hydrogens is 368 g/mol. The van der Waals surface area contributed by atoms with E-state index in [1.807, 2.05) is 60.7 Å². The molecule has 0 radical (unpaired) electrons. The zero-order chi connectivity index (χ0) is 20.1. The van der Waals surface area contributed by atoms with Crippen molar-refractivity contribution in [3.8, 4) is 17.1 Å². The van der Waals surface area contributed by atoms with Crippen LogP contribution in [0.1, 0.15) is 28.9 Å². The average molecular weight is 386 g/mol. The number of rotatable bonds is 6. The summed E-state index contributed by atoms with van der Waals surface area (Å²) in [5, 5.41) is 12.5. The van der Waals surface area contributed by atoms with Crippen LogP contribution in [0.3, 0.4) is 0 Å². The van der Waals surface area contributed by atoms with Gasteiger partial charge in [-0.15, -0.1) is 10.2 Å². The molecule has 0 aliphatic carbocycles. The fraction of sp³-hybridized carbons (Fsp3) is 0.0909. The second-order valence-corrected chi connectivity index (χ2v) is 6.08. The van der Waals surface area contributed by atoms with Crippen LogP contribution in [-0.2, 0) is 4.74 Å². The van der Waals surface area contributed by atoms with E-state index >= 15 is 0 Å². The van der Waals surface area contributed by atoms with Crippen LogP contribution in [0.5, 0.6) is 0 Å². The molecule has 0 N–H and O–H groups in total. The number of carbonyl (C=O) groups is 1. The van der Waals surface area contributed by atoms with Gasteiger partial charge in [-0.25, -0.2) is 9.48 Å². The summed E-state index contributed by atoms with van der Waals surface area (Å²) in [7, 11) is 0. The second kappa shape index (κ2) is 8.35. The second-order valence-electron chi connectivity index (χ2n) is 6.08. The van der Waals surface area contributed by atoms with E-state index in [0.29, 0.717) is 17.3 Å². The molecule has 0 spiro atoms. The molecule has 7 heteroatoms. The molecule has 0 fully saturated rings. The third-order valence-corrected chi connectivity index (χ3v) is 4.10. The Bertz CT molecular complexity index is 1130. The fourth-order valence-corrected chi connectivity index (χ4v) is 2.74. The van der Waals surface area contributed by atoms with Crippen LogP contribution in [0, 0.1) is 0 Å². The van der Waals surface area contributed by atoms with Crippen molar-refractivity contribution in [3.63, 3.8) is 0 Å². The Kier molecular flexibility index (Phi) is 5.29. The number of nitrogens with zero attached hydrogens (tertiary/aromatic N) is 4. The Hall–Kier alpha value is -4.00. The number of aromatic nitrogens is 4. The maximum absolute atomic E-state index is 12.3. The van der Waals surface area contributed by atoms with Gasteiger partial charge in [-0.2, -0.15) is 5.10 Å². The maximum atomic E-state index is 12.3. The van der Waals surface area contributed by atoms with E-state index in [4.69, 9.17) is 9.15 Å². The van der Waals surface area contributed by atoms with Gasteiger partial charge < -0.3 is 9.15 Å². The minimum atomic E-state index is -0.489. The van der Waals surface area contributed by atoms with Crippen molar-refractivity contribution in [2.75, 3.05) is 6.61 Å². The predicted octanol–water partition coefficient (Wildman–Crippen LogP) is 4.27. The smallest absolute Gasteiger partial charge is 0.359 e. The van der Waals surface area contributed by atoms with Crippen LogP contribution >= 0.6 is 0 Å². The highest BCUT2D eigenvalue weighted by Gasteiger charge is 2.17. The van der Waals surface area contributed by atoms with Gasteiger partial charge in [0.1, 0.15) is 0 Å². The number of para-hydroxylation sites is 1. The Morgan fingerprint density at radius 3 is 2.48 bits per heavy atom. The summed E-state index contributed by atoms with van der Waals surface area (Å²) in [6.07, 6.45) is 5.11. The largest absolute Gasteiger partial charge is 0.461 e. The first-order valence-electron chi connectivity index (χ1n) is 9.14. The average Bonchev–Trinajstić information content (AvgIpc) is 3.41. The van der Waals surface area contributed by atoms with Crippen LogP contribution < -0.4 is 0 Å². The lowest BCUT2D eigenvalue weighted by atomic mass is 10.2. The number of esters is 1. The van der Waals surface area contributed by atoms with Crippen molar-refractivity contribution in [2.45, 2.75) is 6.92 Å². The normalized spacial score (nSPS) is 11.1. The SMILES string of the molecule is CCOC(=O)c1nn(-c2ccccc2)cc1/C=C/c1nnc(-c2ccccc2)o1. The molecule has 4 rings (SSSR count). The van der Waals surface area contributed by atoms with Gasteiger partial charge in [0.05, 0.1) is 12.3 Å². The Morgan fingerprint density at radius 2 is 1.76 bits per heavy atom. The third kappa shape index (κ3) is 4.14. The highest BCUT2D eigenvalue weighted by atomic mass is 16.5. The topological polar surface area (TPSA) is 83.0 Å².